The minimum Gasteiger partial charge on any atom is -0.490 e. The highest BCUT2D eigenvalue weighted by Crippen LogP contribution is 2.30. The Morgan fingerprint density at radius 2 is 2.10 bits per heavy atom. The number of rotatable bonds is 9. The Hall–Kier alpha value is -1.26. The average molecular weight is 279 g/mol. The fourth-order valence-corrected chi connectivity index (χ4v) is 2.06. The molecule has 0 aromatic heterocycles. The Morgan fingerprint density at radius 1 is 1.30 bits per heavy atom. The second kappa shape index (κ2) is 7.50. The molecule has 1 aromatic carbocycles. The molecule has 1 fully saturated rings. The highest BCUT2D eigenvalue weighted by molar-refractivity contribution is 5.43. The molecule has 0 aliphatic heterocycles. The predicted molar refractivity (Wildman–Crippen MR) is 79.4 cm³/mol. The van der Waals surface area contributed by atoms with Gasteiger partial charge in [-0.2, -0.15) is 0 Å². The van der Waals surface area contributed by atoms with Gasteiger partial charge in [0.25, 0.3) is 0 Å². The molecule has 0 bridgehead atoms. The summed E-state index contributed by atoms with van der Waals surface area (Å²) in [7, 11) is 1.68. The highest BCUT2D eigenvalue weighted by Gasteiger charge is 2.20. The quantitative estimate of drug-likeness (QED) is 0.754. The summed E-state index contributed by atoms with van der Waals surface area (Å²) in [6.45, 7) is 6.06. The standard InChI is InChI=1S/C16H25NO3/c1-4-19-16-9-13(10-17-14-6-7-14)5-8-15(16)20-12(2)11-18-3/h5,8-9,12,14,17H,4,6-7,10-11H2,1-3H3. The van der Waals surface area contributed by atoms with Gasteiger partial charge in [-0.05, 0) is 44.4 Å². The van der Waals surface area contributed by atoms with E-state index in [1.54, 1.807) is 7.11 Å². The summed E-state index contributed by atoms with van der Waals surface area (Å²) in [5, 5.41) is 3.51. The molecule has 1 unspecified atom stereocenters. The van der Waals surface area contributed by atoms with Crippen LogP contribution in [0.4, 0.5) is 0 Å². The maximum atomic E-state index is 5.86. The van der Waals surface area contributed by atoms with Crippen molar-refractivity contribution >= 4 is 0 Å². The van der Waals surface area contributed by atoms with Crippen LogP contribution in [0, 0.1) is 0 Å². The largest absolute Gasteiger partial charge is 0.490 e. The first-order valence-electron chi connectivity index (χ1n) is 7.37. The van der Waals surface area contributed by atoms with E-state index in [9.17, 15) is 0 Å². The van der Waals surface area contributed by atoms with E-state index in [1.165, 1.54) is 18.4 Å². The molecular weight excluding hydrogens is 254 g/mol. The zero-order chi connectivity index (χ0) is 14.4. The third-order valence-electron chi connectivity index (χ3n) is 3.21. The lowest BCUT2D eigenvalue weighted by molar-refractivity contribution is 0.0894. The molecule has 1 aliphatic rings. The van der Waals surface area contributed by atoms with E-state index < -0.39 is 0 Å². The SMILES string of the molecule is CCOc1cc(CNC2CC2)ccc1OC(C)COC. The van der Waals surface area contributed by atoms with Gasteiger partial charge in [-0.25, -0.2) is 0 Å². The summed E-state index contributed by atoms with van der Waals surface area (Å²) >= 11 is 0. The van der Waals surface area contributed by atoms with Gasteiger partial charge >= 0.3 is 0 Å². The van der Waals surface area contributed by atoms with Crippen molar-refractivity contribution in [2.24, 2.45) is 0 Å². The van der Waals surface area contributed by atoms with Crippen molar-refractivity contribution in [3.8, 4) is 11.5 Å². The van der Waals surface area contributed by atoms with E-state index in [-0.39, 0.29) is 6.10 Å². The smallest absolute Gasteiger partial charge is 0.161 e. The summed E-state index contributed by atoms with van der Waals surface area (Å²) < 4.78 is 16.6. The molecule has 0 radical (unpaired) electrons. The molecule has 0 heterocycles. The van der Waals surface area contributed by atoms with Gasteiger partial charge in [-0.15, -0.1) is 0 Å². The molecule has 1 aliphatic carbocycles. The number of methoxy groups -OCH3 is 1. The van der Waals surface area contributed by atoms with Crippen molar-refractivity contribution in [2.45, 2.75) is 45.4 Å². The Bertz CT molecular complexity index is 418. The molecule has 112 valence electrons. The van der Waals surface area contributed by atoms with Crippen LogP contribution in [0.2, 0.25) is 0 Å². The van der Waals surface area contributed by atoms with E-state index in [0.29, 0.717) is 19.3 Å². The van der Waals surface area contributed by atoms with E-state index in [1.807, 2.05) is 19.9 Å². The van der Waals surface area contributed by atoms with Crippen molar-refractivity contribution < 1.29 is 14.2 Å². The first-order valence-corrected chi connectivity index (χ1v) is 7.37. The summed E-state index contributed by atoms with van der Waals surface area (Å²) in [5.74, 6) is 1.59. The topological polar surface area (TPSA) is 39.7 Å². The molecule has 20 heavy (non-hydrogen) atoms. The van der Waals surface area contributed by atoms with E-state index >= 15 is 0 Å². The number of ether oxygens (including phenoxy) is 3. The third-order valence-corrected chi connectivity index (χ3v) is 3.21. The van der Waals surface area contributed by atoms with Crippen LogP contribution in [0.3, 0.4) is 0 Å². The zero-order valence-corrected chi connectivity index (χ0v) is 12.6. The minimum atomic E-state index is 0.00893. The molecule has 0 spiro atoms. The molecule has 4 heteroatoms. The molecule has 1 N–H and O–H groups in total. The Morgan fingerprint density at radius 3 is 2.75 bits per heavy atom. The fourth-order valence-electron chi connectivity index (χ4n) is 2.06. The fraction of sp³-hybridized carbons (Fsp3) is 0.625. The van der Waals surface area contributed by atoms with Crippen LogP contribution in [-0.4, -0.2) is 32.5 Å². The van der Waals surface area contributed by atoms with Crippen molar-refractivity contribution in [2.75, 3.05) is 20.3 Å². The van der Waals surface area contributed by atoms with Gasteiger partial charge in [-0.3, -0.25) is 0 Å². The summed E-state index contributed by atoms with van der Waals surface area (Å²) in [6.07, 6.45) is 2.61. The molecule has 4 nitrogen and oxygen atoms in total. The van der Waals surface area contributed by atoms with Crippen LogP contribution >= 0.6 is 0 Å². The minimum absolute atomic E-state index is 0.00893. The molecule has 1 saturated carbocycles. The normalized spacial score (nSPS) is 15.9. The number of hydrogen-bond acceptors (Lipinski definition) is 4. The number of benzene rings is 1. The van der Waals surface area contributed by atoms with Gasteiger partial charge in [0.15, 0.2) is 11.5 Å². The van der Waals surface area contributed by atoms with Crippen molar-refractivity contribution in [1.29, 1.82) is 0 Å². The van der Waals surface area contributed by atoms with Crippen molar-refractivity contribution in [3.05, 3.63) is 23.8 Å². The Balaban J connectivity index is 2.01. The Kier molecular flexibility index (Phi) is 5.68. The number of nitrogens with one attached hydrogen (secondary N) is 1. The second-order valence-corrected chi connectivity index (χ2v) is 5.25. The average Bonchev–Trinajstić information content (AvgIpc) is 3.24. The molecule has 0 amide bonds. The first-order chi connectivity index (χ1) is 9.72. The van der Waals surface area contributed by atoms with Crippen LogP contribution in [0.1, 0.15) is 32.3 Å². The van der Waals surface area contributed by atoms with Gasteiger partial charge in [0.1, 0.15) is 6.10 Å². The zero-order valence-electron chi connectivity index (χ0n) is 12.6. The molecular formula is C16H25NO3. The van der Waals surface area contributed by atoms with E-state index in [0.717, 1.165) is 18.0 Å². The van der Waals surface area contributed by atoms with Gasteiger partial charge in [0, 0.05) is 19.7 Å². The van der Waals surface area contributed by atoms with Gasteiger partial charge < -0.3 is 19.5 Å². The van der Waals surface area contributed by atoms with Gasteiger partial charge in [0.05, 0.1) is 13.2 Å². The maximum absolute atomic E-state index is 5.86. The highest BCUT2D eigenvalue weighted by atomic mass is 16.5. The molecule has 2 rings (SSSR count). The second-order valence-electron chi connectivity index (χ2n) is 5.25. The lowest BCUT2D eigenvalue weighted by atomic mass is 10.2. The van der Waals surface area contributed by atoms with E-state index in [2.05, 4.69) is 17.4 Å². The first kappa shape index (κ1) is 15.1. The molecule has 1 atom stereocenters. The van der Waals surface area contributed by atoms with Crippen LogP contribution in [0.15, 0.2) is 18.2 Å². The summed E-state index contributed by atoms with van der Waals surface area (Å²) in [6, 6.07) is 6.85. The van der Waals surface area contributed by atoms with Crippen LogP contribution in [0.25, 0.3) is 0 Å². The summed E-state index contributed by atoms with van der Waals surface area (Å²) in [4.78, 5) is 0. The maximum Gasteiger partial charge on any atom is 0.161 e. The third kappa shape index (κ3) is 4.69. The van der Waals surface area contributed by atoms with Gasteiger partial charge in [-0.1, -0.05) is 6.07 Å². The lowest BCUT2D eigenvalue weighted by Gasteiger charge is -2.17. The van der Waals surface area contributed by atoms with Crippen LogP contribution in [-0.2, 0) is 11.3 Å². The predicted octanol–water partition coefficient (Wildman–Crippen LogP) is 2.75. The van der Waals surface area contributed by atoms with E-state index in [4.69, 9.17) is 14.2 Å². The molecule has 1 aromatic rings. The van der Waals surface area contributed by atoms with Gasteiger partial charge in [0.2, 0.25) is 0 Å². The number of hydrogen-bond donors (Lipinski definition) is 1. The van der Waals surface area contributed by atoms with Crippen LogP contribution in [0.5, 0.6) is 11.5 Å². The molecule has 0 saturated heterocycles. The Labute approximate surface area is 121 Å². The lowest BCUT2D eigenvalue weighted by Crippen LogP contribution is -2.19. The monoisotopic (exact) mass is 279 g/mol. The van der Waals surface area contributed by atoms with Crippen LogP contribution < -0.4 is 14.8 Å². The summed E-state index contributed by atoms with van der Waals surface area (Å²) in [5.41, 5.74) is 1.23. The van der Waals surface area contributed by atoms with Crippen molar-refractivity contribution in [1.82, 2.24) is 5.32 Å². The van der Waals surface area contributed by atoms with Crippen molar-refractivity contribution in [3.63, 3.8) is 0 Å².